The highest BCUT2D eigenvalue weighted by Gasteiger charge is 2.16. The molecule has 0 saturated carbocycles. The first-order valence-corrected chi connectivity index (χ1v) is 8.42. The largest absolute Gasteiger partial charge is 0.444 e. The Hall–Kier alpha value is -1.59. The minimum Gasteiger partial charge on any atom is -0.444 e. The summed E-state index contributed by atoms with van der Waals surface area (Å²) in [6.07, 6.45) is 2.13. The van der Waals surface area contributed by atoms with E-state index in [0.717, 1.165) is 25.2 Å². The molecule has 0 aromatic heterocycles. The number of rotatable bonds is 6. The summed E-state index contributed by atoms with van der Waals surface area (Å²) in [6.45, 7) is 8.99. The number of ether oxygens (including phenoxy) is 1. The first-order chi connectivity index (χ1) is 10.9. The Balaban J connectivity index is 1.80. The molecular formula is C18H29N3O2. The van der Waals surface area contributed by atoms with E-state index in [1.54, 1.807) is 0 Å². The first kappa shape index (κ1) is 17.8. The third-order valence-corrected chi connectivity index (χ3v) is 3.81. The van der Waals surface area contributed by atoms with Gasteiger partial charge in [-0.3, -0.25) is 0 Å². The summed E-state index contributed by atoms with van der Waals surface area (Å²) in [7, 11) is 0. The number of hydrogen-bond acceptors (Lipinski definition) is 4. The van der Waals surface area contributed by atoms with Crippen LogP contribution >= 0.6 is 0 Å². The molecule has 0 bridgehead atoms. The van der Waals surface area contributed by atoms with Crippen molar-refractivity contribution in [2.75, 3.05) is 13.1 Å². The average Bonchev–Trinajstić information content (AvgIpc) is 2.98. The topological polar surface area (TPSA) is 62.4 Å². The van der Waals surface area contributed by atoms with Gasteiger partial charge in [-0.1, -0.05) is 24.3 Å². The Morgan fingerprint density at radius 2 is 1.96 bits per heavy atom. The van der Waals surface area contributed by atoms with E-state index in [0.29, 0.717) is 12.6 Å². The maximum absolute atomic E-state index is 11.8. The van der Waals surface area contributed by atoms with Crippen LogP contribution in [-0.4, -0.2) is 30.8 Å². The van der Waals surface area contributed by atoms with E-state index in [4.69, 9.17) is 4.74 Å². The Morgan fingerprint density at radius 3 is 2.57 bits per heavy atom. The first-order valence-electron chi connectivity index (χ1n) is 8.42. The number of nitrogens with one attached hydrogen (secondary N) is 3. The van der Waals surface area contributed by atoms with Crippen LogP contribution in [0.15, 0.2) is 24.3 Å². The maximum atomic E-state index is 11.8. The number of amides is 1. The summed E-state index contributed by atoms with van der Waals surface area (Å²) < 4.78 is 5.27. The summed E-state index contributed by atoms with van der Waals surface area (Å²) in [5.41, 5.74) is 1.85. The predicted molar refractivity (Wildman–Crippen MR) is 92.2 cm³/mol. The van der Waals surface area contributed by atoms with Crippen LogP contribution in [0.1, 0.15) is 44.7 Å². The normalized spacial score (nSPS) is 18.0. The fourth-order valence-corrected chi connectivity index (χ4v) is 2.70. The molecule has 1 aliphatic heterocycles. The van der Waals surface area contributed by atoms with Gasteiger partial charge in [0.25, 0.3) is 0 Å². The molecule has 5 nitrogen and oxygen atoms in total. The minimum atomic E-state index is -0.473. The molecule has 1 unspecified atom stereocenters. The van der Waals surface area contributed by atoms with E-state index in [1.807, 2.05) is 39.0 Å². The Morgan fingerprint density at radius 1 is 1.26 bits per heavy atom. The lowest BCUT2D eigenvalue weighted by Gasteiger charge is -2.20. The number of carbonyl (C=O) groups excluding carboxylic acids is 1. The van der Waals surface area contributed by atoms with E-state index in [-0.39, 0.29) is 6.09 Å². The second-order valence-electron chi connectivity index (χ2n) is 7.05. The molecule has 1 saturated heterocycles. The quantitative estimate of drug-likeness (QED) is 0.754. The molecule has 1 heterocycles. The lowest BCUT2D eigenvalue weighted by molar-refractivity contribution is 0.0523. The van der Waals surface area contributed by atoms with Crippen molar-refractivity contribution in [3.8, 4) is 0 Å². The van der Waals surface area contributed by atoms with Gasteiger partial charge < -0.3 is 20.7 Å². The van der Waals surface area contributed by atoms with Gasteiger partial charge in [-0.25, -0.2) is 4.79 Å². The second-order valence-corrected chi connectivity index (χ2v) is 7.05. The number of hydrogen-bond donors (Lipinski definition) is 3. The van der Waals surface area contributed by atoms with Gasteiger partial charge in [-0.05, 0) is 51.3 Å². The van der Waals surface area contributed by atoms with Gasteiger partial charge in [0.1, 0.15) is 5.60 Å². The molecule has 1 aliphatic rings. The summed E-state index contributed by atoms with van der Waals surface area (Å²) in [5, 5.41) is 9.81. The molecule has 1 amide bonds. The second kappa shape index (κ2) is 8.31. The zero-order valence-corrected chi connectivity index (χ0v) is 14.4. The summed E-state index contributed by atoms with van der Waals surface area (Å²) in [5.74, 6) is 0. The van der Waals surface area contributed by atoms with Crippen LogP contribution in [0.3, 0.4) is 0 Å². The molecule has 1 fully saturated rings. The highest BCUT2D eigenvalue weighted by atomic mass is 16.6. The van der Waals surface area contributed by atoms with Crippen molar-refractivity contribution in [2.45, 2.75) is 58.3 Å². The molecule has 0 aliphatic carbocycles. The van der Waals surface area contributed by atoms with Gasteiger partial charge >= 0.3 is 6.09 Å². The van der Waals surface area contributed by atoms with E-state index < -0.39 is 5.60 Å². The van der Waals surface area contributed by atoms with Crippen LogP contribution in [0.25, 0.3) is 0 Å². The third-order valence-electron chi connectivity index (χ3n) is 3.81. The van der Waals surface area contributed by atoms with Crippen LogP contribution in [0.2, 0.25) is 0 Å². The van der Waals surface area contributed by atoms with Crippen molar-refractivity contribution in [3.63, 3.8) is 0 Å². The third kappa shape index (κ3) is 6.59. The molecule has 1 atom stereocenters. The van der Waals surface area contributed by atoms with Crippen molar-refractivity contribution in [1.29, 1.82) is 0 Å². The van der Waals surface area contributed by atoms with Gasteiger partial charge in [0, 0.05) is 25.7 Å². The zero-order valence-electron chi connectivity index (χ0n) is 14.4. The highest BCUT2D eigenvalue weighted by molar-refractivity contribution is 5.67. The molecule has 0 spiro atoms. The molecule has 5 heteroatoms. The van der Waals surface area contributed by atoms with E-state index >= 15 is 0 Å². The summed E-state index contributed by atoms with van der Waals surface area (Å²) in [6, 6.07) is 8.75. The van der Waals surface area contributed by atoms with Gasteiger partial charge in [-0.15, -0.1) is 0 Å². The fourth-order valence-electron chi connectivity index (χ4n) is 2.70. The van der Waals surface area contributed by atoms with Crippen LogP contribution in [0, 0.1) is 0 Å². The Labute approximate surface area is 139 Å². The lowest BCUT2D eigenvalue weighted by atomic mass is 10.1. The molecule has 0 radical (unpaired) electrons. The maximum Gasteiger partial charge on any atom is 0.407 e. The smallest absolute Gasteiger partial charge is 0.407 e. The SMILES string of the molecule is CC(C)(C)OC(=O)NCc1ccccc1CNCC1CCCN1. The molecule has 3 N–H and O–H groups in total. The Kier molecular flexibility index (Phi) is 6.42. The summed E-state index contributed by atoms with van der Waals surface area (Å²) in [4.78, 5) is 11.8. The predicted octanol–water partition coefficient (Wildman–Crippen LogP) is 2.55. The van der Waals surface area contributed by atoms with Crippen LogP contribution in [0.4, 0.5) is 4.79 Å². The van der Waals surface area contributed by atoms with Gasteiger partial charge in [0.05, 0.1) is 0 Å². The molecule has 23 heavy (non-hydrogen) atoms. The van der Waals surface area contributed by atoms with Crippen LogP contribution in [-0.2, 0) is 17.8 Å². The molecular weight excluding hydrogens is 290 g/mol. The zero-order chi connectivity index (χ0) is 16.7. The average molecular weight is 319 g/mol. The van der Waals surface area contributed by atoms with Crippen molar-refractivity contribution in [3.05, 3.63) is 35.4 Å². The Bertz CT molecular complexity index is 505. The van der Waals surface area contributed by atoms with Gasteiger partial charge in [-0.2, -0.15) is 0 Å². The molecule has 2 rings (SSSR count). The standard InChI is InChI=1S/C18H29N3O2/c1-18(2,3)23-17(22)21-12-15-8-5-4-7-14(15)11-19-13-16-9-6-10-20-16/h4-5,7-8,16,19-20H,6,9-13H2,1-3H3,(H,21,22). The molecule has 1 aromatic rings. The van der Waals surface area contributed by atoms with E-state index in [1.165, 1.54) is 18.4 Å². The van der Waals surface area contributed by atoms with Crippen molar-refractivity contribution >= 4 is 6.09 Å². The molecule has 128 valence electrons. The minimum absolute atomic E-state index is 0.379. The monoisotopic (exact) mass is 319 g/mol. The van der Waals surface area contributed by atoms with Crippen molar-refractivity contribution in [2.24, 2.45) is 0 Å². The van der Waals surface area contributed by atoms with Crippen molar-refractivity contribution in [1.82, 2.24) is 16.0 Å². The van der Waals surface area contributed by atoms with Gasteiger partial charge in [0.15, 0.2) is 0 Å². The van der Waals surface area contributed by atoms with Crippen molar-refractivity contribution < 1.29 is 9.53 Å². The summed E-state index contributed by atoms with van der Waals surface area (Å²) >= 11 is 0. The van der Waals surface area contributed by atoms with Crippen LogP contribution in [0.5, 0.6) is 0 Å². The number of carbonyl (C=O) groups is 1. The lowest BCUT2D eigenvalue weighted by Crippen LogP contribution is -2.34. The molecule has 1 aromatic carbocycles. The van der Waals surface area contributed by atoms with E-state index in [2.05, 4.69) is 22.0 Å². The fraction of sp³-hybridized carbons (Fsp3) is 0.611. The van der Waals surface area contributed by atoms with E-state index in [9.17, 15) is 4.79 Å². The highest BCUT2D eigenvalue weighted by Crippen LogP contribution is 2.11. The van der Waals surface area contributed by atoms with Crippen LogP contribution < -0.4 is 16.0 Å². The number of alkyl carbamates (subject to hydrolysis) is 1. The van der Waals surface area contributed by atoms with Gasteiger partial charge in [0.2, 0.25) is 0 Å². The number of benzene rings is 1.